The minimum absolute atomic E-state index is 0. The SMILES string of the molecule is [Br-].[CH3-].[Li+].[Mg+2].[c-]1ccccc1. The van der Waals surface area contributed by atoms with E-state index in [1.807, 2.05) is 30.3 Å². The van der Waals surface area contributed by atoms with Crippen LogP contribution in [0.2, 0.25) is 0 Å². The summed E-state index contributed by atoms with van der Waals surface area (Å²) in [4.78, 5) is 0. The number of benzene rings is 1. The van der Waals surface area contributed by atoms with E-state index >= 15 is 0 Å². The molecule has 1 aromatic carbocycles. The number of rotatable bonds is 0. The van der Waals surface area contributed by atoms with Crippen molar-refractivity contribution in [2.45, 2.75) is 0 Å². The van der Waals surface area contributed by atoms with Gasteiger partial charge in [0, 0.05) is 0 Å². The molecule has 0 bridgehead atoms. The molecular weight excluding hydrogens is 195 g/mol. The van der Waals surface area contributed by atoms with Gasteiger partial charge in [-0.3, -0.25) is 0 Å². The Hall–Kier alpha value is 1.06. The molecule has 0 saturated heterocycles. The van der Waals surface area contributed by atoms with Gasteiger partial charge < -0.3 is 24.4 Å². The molecule has 0 aliphatic heterocycles. The van der Waals surface area contributed by atoms with Gasteiger partial charge in [0.2, 0.25) is 0 Å². The summed E-state index contributed by atoms with van der Waals surface area (Å²) in [6.45, 7) is 0. The molecule has 0 nitrogen and oxygen atoms in total. The molecule has 0 heterocycles. The maximum Gasteiger partial charge on any atom is 2.00 e. The summed E-state index contributed by atoms with van der Waals surface area (Å²) in [6, 6.07) is 12.5. The van der Waals surface area contributed by atoms with Gasteiger partial charge in [0.25, 0.3) is 0 Å². The predicted octanol–water partition coefficient (Wildman–Crippen LogP) is -4.44. The molecule has 46 valence electrons. The maximum atomic E-state index is 2.89. The molecule has 3 heteroatoms. The van der Waals surface area contributed by atoms with E-state index in [0.717, 1.165) is 0 Å². The zero-order chi connectivity index (χ0) is 4.24. The molecule has 1 rings (SSSR count). The summed E-state index contributed by atoms with van der Waals surface area (Å²) in [5, 5.41) is 0. The number of hydrogen-bond donors (Lipinski definition) is 0. The van der Waals surface area contributed by atoms with Crippen molar-refractivity contribution >= 4 is 23.1 Å². The van der Waals surface area contributed by atoms with Crippen LogP contribution in [0.25, 0.3) is 0 Å². The fraction of sp³-hybridized carbons (Fsp3) is 0. The Bertz CT molecular complexity index is 85.5. The molecule has 10 heavy (non-hydrogen) atoms. The third kappa shape index (κ3) is 11.8. The fourth-order valence-corrected chi connectivity index (χ4v) is 0.342. The van der Waals surface area contributed by atoms with Crippen LogP contribution in [0.5, 0.6) is 0 Å². The molecule has 0 spiro atoms. The second kappa shape index (κ2) is 16.6. The van der Waals surface area contributed by atoms with E-state index < -0.39 is 0 Å². The van der Waals surface area contributed by atoms with Gasteiger partial charge in [-0.1, -0.05) is 0 Å². The van der Waals surface area contributed by atoms with Crippen LogP contribution in [0.1, 0.15) is 0 Å². The van der Waals surface area contributed by atoms with Crippen LogP contribution in [0, 0.1) is 13.5 Å². The Morgan fingerprint density at radius 2 is 1.30 bits per heavy atom. The predicted molar refractivity (Wildman–Crippen MR) is 37.4 cm³/mol. The van der Waals surface area contributed by atoms with Crippen molar-refractivity contribution in [2.24, 2.45) is 0 Å². The van der Waals surface area contributed by atoms with Gasteiger partial charge >= 0.3 is 41.9 Å². The summed E-state index contributed by atoms with van der Waals surface area (Å²) in [7, 11) is 0. The van der Waals surface area contributed by atoms with Crippen molar-refractivity contribution in [3.63, 3.8) is 0 Å². The first-order chi connectivity index (χ1) is 3.00. The Morgan fingerprint density at radius 1 is 0.900 bits per heavy atom. The topological polar surface area (TPSA) is 0 Å². The summed E-state index contributed by atoms with van der Waals surface area (Å²) < 4.78 is 0. The quantitative estimate of drug-likeness (QED) is 0.295. The van der Waals surface area contributed by atoms with Crippen molar-refractivity contribution in [1.29, 1.82) is 0 Å². The summed E-state index contributed by atoms with van der Waals surface area (Å²) in [5.74, 6) is 0. The van der Waals surface area contributed by atoms with Crippen molar-refractivity contribution in [3.05, 3.63) is 43.8 Å². The molecule has 0 radical (unpaired) electrons. The molecule has 0 N–H and O–H groups in total. The van der Waals surface area contributed by atoms with Crippen LogP contribution in [0.4, 0.5) is 0 Å². The monoisotopic (exact) mass is 202 g/mol. The molecule has 0 unspecified atom stereocenters. The van der Waals surface area contributed by atoms with E-state index in [4.69, 9.17) is 0 Å². The number of halogens is 1. The zero-order valence-electron chi connectivity index (χ0n) is 6.47. The van der Waals surface area contributed by atoms with Crippen molar-refractivity contribution < 1.29 is 35.8 Å². The third-order valence-electron chi connectivity index (χ3n) is 0.607. The first-order valence-electron chi connectivity index (χ1n) is 1.91. The largest absolute Gasteiger partial charge is 2.00 e. The molecule has 0 aliphatic rings. The van der Waals surface area contributed by atoms with Crippen LogP contribution >= 0.6 is 0 Å². The van der Waals surface area contributed by atoms with E-state index in [2.05, 4.69) is 6.07 Å². The summed E-state index contributed by atoms with van der Waals surface area (Å²) in [5.41, 5.74) is 0. The Morgan fingerprint density at radius 3 is 1.40 bits per heavy atom. The average Bonchev–Trinajstić information content (AvgIpc) is 1.72. The molecule has 0 amide bonds. The van der Waals surface area contributed by atoms with Crippen molar-refractivity contribution in [2.75, 3.05) is 0 Å². The van der Waals surface area contributed by atoms with Gasteiger partial charge in [-0.15, -0.1) is 0 Å². The van der Waals surface area contributed by atoms with E-state index in [-0.39, 0.29) is 66.3 Å². The third-order valence-corrected chi connectivity index (χ3v) is 0.607. The molecule has 0 fully saturated rings. The second-order valence-electron chi connectivity index (χ2n) is 1.08. The molecule has 0 saturated carbocycles. The van der Waals surface area contributed by atoms with Gasteiger partial charge in [-0.25, -0.2) is 0 Å². The second-order valence-corrected chi connectivity index (χ2v) is 1.08. The minimum Gasteiger partial charge on any atom is -1.00 e. The average molecular weight is 203 g/mol. The molecule has 0 atom stereocenters. The zero-order valence-corrected chi connectivity index (χ0v) is 9.47. The van der Waals surface area contributed by atoms with Crippen LogP contribution < -0.4 is 35.8 Å². The smallest absolute Gasteiger partial charge is 1.00 e. The van der Waals surface area contributed by atoms with Gasteiger partial charge in [0.05, 0.1) is 0 Å². The van der Waals surface area contributed by atoms with E-state index in [9.17, 15) is 0 Å². The first-order valence-corrected chi connectivity index (χ1v) is 1.91. The van der Waals surface area contributed by atoms with E-state index in [1.54, 1.807) is 0 Å². The van der Waals surface area contributed by atoms with E-state index in [1.165, 1.54) is 0 Å². The summed E-state index contributed by atoms with van der Waals surface area (Å²) >= 11 is 0. The first kappa shape index (κ1) is 22.5. The number of hydrogen-bond acceptors (Lipinski definition) is 0. The van der Waals surface area contributed by atoms with Gasteiger partial charge in [0.1, 0.15) is 0 Å². The molecule has 1 aromatic rings. The van der Waals surface area contributed by atoms with Gasteiger partial charge in [-0.05, 0) is 0 Å². The molecular formula is C7H8BrLiMg. The minimum atomic E-state index is 0. The van der Waals surface area contributed by atoms with Crippen LogP contribution in [0.3, 0.4) is 0 Å². The van der Waals surface area contributed by atoms with Gasteiger partial charge in [-0.2, -0.15) is 36.4 Å². The van der Waals surface area contributed by atoms with Crippen molar-refractivity contribution in [1.82, 2.24) is 0 Å². The van der Waals surface area contributed by atoms with E-state index in [0.29, 0.717) is 0 Å². The normalized spacial score (nSPS) is 4.80. The Labute approximate surface area is 102 Å². The van der Waals surface area contributed by atoms with Crippen LogP contribution in [-0.4, -0.2) is 23.1 Å². The van der Waals surface area contributed by atoms with Crippen LogP contribution in [0.15, 0.2) is 30.3 Å². The summed E-state index contributed by atoms with van der Waals surface area (Å²) in [6.07, 6.45) is 0. The Kier molecular flexibility index (Phi) is 37.2. The van der Waals surface area contributed by atoms with Gasteiger partial charge in [0.15, 0.2) is 0 Å². The van der Waals surface area contributed by atoms with Crippen molar-refractivity contribution in [3.8, 4) is 0 Å². The molecule has 0 aliphatic carbocycles. The standard InChI is InChI=1S/C6H5.CH3.BrH.Li.Mg/c1-2-4-6-5-3-1;;;;/h1-5H;1H3;1H;;/q2*-1;;+1;+2/p-1. The van der Waals surface area contributed by atoms with Crippen LogP contribution in [-0.2, 0) is 0 Å². The fourth-order valence-electron chi connectivity index (χ4n) is 0.342. The molecule has 0 aromatic heterocycles. The maximum absolute atomic E-state index is 2.89. The Balaban J connectivity index is -0.0000000450.